The van der Waals surface area contributed by atoms with E-state index in [0.717, 1.165) is 23.1 Å². The number of hydrogen-bond acceptors (Lipinski definition) is 3. The highest BCUT2D eigenvalue weighted by molar-refractivity contribution is 9.10. The van der Waals surface area contributed by atoms with Gasteiger partial charge in [-0.05, 0) is 29.8 Å². The summed E-state index contributed by atoms with van der Waals surface area (Å²) in [6, 6.07) is 16.7. The molecule has 142 valence electrons. The van der Waals surface area contributed by atoms with Crippen LogP contribution in [-0.2, 0) is 4.79 Å². The molecular formula is C20H23BrN4O2. The van der Waals surface area contributed by atoms with Crippen molar-refractivity contribution in [3.63, 3.8) is 0 Å². The molecule has 7 heteroatoms. The van der Waals surface area contributed by atoms with E-state index >= 15 is 0 Å². The molecule has 1 aliphatic heterocycles. The van der Waals surface area contributed by atoms with Gasteiger partial charge in [-0.1, -0.05) is 46.3 Å². The van der Waals surface area contributed by atoms with E-state index in [9.17, 15) is 9.59 Å². The van der Waals surface area contributed by atoms with Gasteiger partial charge in [-0.3, -0.25) is 4.79 Å². The lowest BCUT2D eigenvalue weighted by Crippen LogP contribution is -2.49. The Kier molecular flexibility index (Phi) is 6.34. The fourth-order valence-corrected chi connectivity index (χ4v) is 3.72. The van der Waals surface area contributed by atoms with Gasteiger partial charge in [0.25, 0.3) is 0 Å². The zero-order chi connectivity index (χ0) is 19.2. The van der Waals surface area contributed by atoms with Crippen molar-refractivity contribution in [3.8, 4) is 0 Å². The zero-order valence-corrected chi connectivity index (χ0v) is 16.6. The monoisotopic (exact) mass is 430 g/mol. The van der Waals surface area contributed by atoms with Gasteiger partial charge in [0.05, 0.1) is 12.5 Å². The fraction of sp³-hybridized carbons (Fsp3) is 0.300. The van der Waals surface area contributed by atoms with Gasteiger partial charge in [-0.15, -0.1) is 0 Å². The van der Waals surface area contributed by atoms with Gasteiger partial charge in [-0.25, -0.2) is 4.79 Å². The Hall–Kier alpha value is -2.54. The molecule has 0 aliphatic carbocycles. The average molecular weight is 431 g/mol. The van der Waals surface area contributed by atoms with E-state index in [1.807, 2.05) is 47.4 Å². The molecule has 3 amide bonds. The first-order chi connectivity index (χ1) is 13.0. The van der Waals surface area contributed by atoms with Gasteiger partial charge in [0.1, 0.15) is 0 Å². The predicted octanol–water partition coefficient (Wildman–Crippen LogP) is 2.90. The Morgan fingerprint density at radius 2 is 1.74 bits per heavy atom. The van der Waals surface area contributed by atoms with Gasteiger partial charge in [0.2, 0.25) is 5.91 Å². The number of halogens is 1. The maximum atomic E-state index is 12.8. The number of piperazine rings is 1. The van der Waals surface area contributed by atoms with Crippen molar-refractivity contribution >= 4 is 33.6 Å². The molecule has 1 heterocycles. The molecule has 2 aromatic carbocycles. The molecule has 1 fully saturated rings. The lowest BCUT2D eigenvalue weighted by atomic mass is 10.0. The average Bonchev–Trinajstić information content (AvgIpc) is 2.68. The summed E-state index contributed by atoms with van der Waals surface area (Å²) in [7, 11) is 0. The third kappa shape index (κ3) is 5.23. The number of hydrogen-bond donors (Lipinski definition) is 2. The largest absolute Gasteiger partial charge is 0.368 e. The van der Waals surface area contributed by atoms with E-state index in [1.165, 1.54) is 5.69 Å². The number of anilines is 1. The van der Waals surface area contributed by atoms with Gasteiger partial charge in [-0.2, -0.15) is 0 Å². The number of nitrogens with zero attached hydrogens (tertiary/aromatic N) is 2. The van der Waals surface area contributed by atoms with E-state index < -0.39 is 12.1 Å². The highest BCUT2D eigenvalue weighted by atomic mass is 79.9. The first kappa shape index (κ1) is 19.2. The van der Waals surface area contributed by atoms with Crippen LogP contribution < -0.4 is 16.0 Å². The van der Waals surface area contributed by atoms with Crippen molar-refractivity contribution in [2.24, 2.45) is 5.73 Å². The van der Waals surface area contributed by atoms with E-state index in [1.54, 1.807) is 0 Å². The summed E-state index contributed by atoms with van der Waals surface area (Å²) in [5.74, 6) is 0.0152. The van der Waals surface area contributed by atoms with Crippen LogP contribution in [0.25, 0.3) is 0 Å². The van der Waals surface area contributed by atoms with Crippen LogP contribution in [0.1, 0.15) is 18.0 Å². The number of amides is 3. The second kappa shape index (κ2) is 8.90. The maximum absolute atomic E-state index is 12.8. The molecule has 0 radical (unpaired) electrons. The molecule has 0 spiro atoms. The second-order valence-electron chi connectivity index (χ2n) is 6.52. The molecule has 0 bridgehead atoms. The van der Waals surface area contributed by atoms with Crippen LogP contribution in [-0.4, -0.2) is 43.0 Å². The zero-order valence-electron chi connectivity index (χ0n) is 15.0. The summed E-state index contributed by atoms with van der Waals surface area (Å²) in [4.78, 5) is 28.3. The van der Waals surface area contributed by atoms with Crippen molar-refractivity contribution < 1.29 is 9.59 Å². The summed E-state index contributed by atoms with van der Waals surface area (Å²) < 4.78 is 0.889. The van der Waals surface area contributed by atoms with Crippen LogP contribution in [0.15, 0.2) is 59.1 Å². The minimum atomic E-state index is -0.637. The first-order valence-electron chi connectivity index (χ1n) is 8.92. The molecular weight excluding hydrogens is 408 g/mol. The molecule has 0 aromatic heterocycles. The standard InChI is InChI=1S/C20H23BrN4O2/c21-16-6-4-5-15(13-16)18(23-20(22)27)14-19(26)25-11-9-24(10-12-25)17-7-2-1-3-8-17/h1-8,13,18H,9-12,14H2,(H3,22,23,27). The van der Waals surface area contributed by atoms with Crippen LogP contribution in [0.2, 0.25) is 0 Å². The molecule has 1 saturated heterocycles. The minimum absolute atomic E-state index is 0.0152. The number of urea groups is 1. The first-order valence-corrected chi connectivity index (χ1v) is 9.71. The number of carbonyl (C=O) groups excluding carboxylic acids is 2. The highest BCUT2D eigenvalue weighted by Crippen LogP contribution is 2.23. The Morgan fingerprint density at radius 3 is 2.37 bits per heavy atom. The number of carbonyl (C=O) groups is 2. The smallest absolute Gasteiger partial charge is 0.312 e. The van der Waals surface area contributed by atoms with Crippen molar-refractivity contribution in [2.75, 3.05) is 31.1 Å². The van der Waals surface area contributed by atoms with E-state index in [-0.39, 0.29) is 12.3 Å². The second-order valence-corrected chi connectivity index (χ2v) is 7.44. The molecule has 2 aromatic rings. The van der Waals surface area contributed by atoms with Gasteiger partial charge in [0.15, 0.2) is 0 Å². The van der Waals surface area contributed by atoms with Crippen molar-refractivity contribution in [1.29, 1.82) is 0 Å². The number of primary amides is 1. The van der Waals surface area contributed by atoms with E-state index in [0.29, 0.717) is 13.1 Å². The normalized spacial score (nSPS) is 15.3. The number of nitrogens with one attached hydrogen (secondary N) is 1. The number of nitrogens with two attached hydrogens (primary N) is 1. The molecule has 1 unspecified atom stereocenters. The van der Waals surface area contributed by atoms with E-state index in [2.05, 4.69) is 38.3 Å². The van der Waals surface area contributed by atoms with Crippen LogP contribution in [0, 0.1) is 0 Å². The third-order valence-electron chi connectivity index (χ3n) is 4.70. The Labute approximate surface area is 167 Å². The summed E-state index contributed by atoms with van der Waals surface area (Å²) in [5, 5.41) is 2.69. The Balaban J connectivity index is 1.62. The van der Waals surface area contributed by atoms with Crippen molar-refractivity contribution in [2.45, 2.75) is 12.5 Å². The summed E-state index contributed by atoms with van der Waals surface area (Å²) >= 11 is 3.42. The van der Waals surface area contributed by atoms with Crippen molar-refractivity contribution in [3.05, 3.63) is 64.6 Å². The van der Waals surface area contributed by atoms with Gasteiger partial charge in [0, 0.05) is 36.3 Å². The Bertz CT molecular complexity index is 792. The maximum Gasteiger partial charge on any atom is 0.312 e. The van der Waals surface area contributed by atoms with Crippen LogP contribution in [0.4, 0.5) is 10.5 Å². The lowest BCUT2D eigenvalue weighted by Gasteiger charge is -2.36. The molecule has 3 rings (SSSR count). The number of benzene rings is 2. The van der Waals surface area contributed by atoms with Crippen LogP contribution >= 0.6 is 15.9 Å². The molecule has 6 nitrogen and oxygen atoms in total. The lowest BCUT2D eigenvalue weighted by molar-refractivity contribution is -0.132. The van der Waals surface area contributed by atoms with Gasteiger partial charge >= 0.3 is 6.03 Å². The molecule has 0 saturated carbocycles. The topological polar surface area (TPSA) is 78.7 Å². The summed E-state index contributed by atoms with van der Waals surface area (Å²) in [6.07, 6.45) is 0.185. The SMILES string of the molecule is NC(=O)NC(CC(=O)N1CCN(c2ccccc2)CC1)c1cccc(Br)c1. The number of para-hydroxylation sites is 1. The van der Waals surface area contributed by atoms with Crippen molar-refractivity contribution in [1.82, 2.24) is 10.2 Å². The molecule has 27 heavy (non-hydrogen) atoms. The summed E-state index contributed by atoms with van der Waals surface area (Å²) in [5.41, 5.74) is 7.33. The van der Waals surface area contributed by atoms with Crippen LogP contribution in [0.5, 0.6) is 0 Å². The minimum Gasteiger partial charge on any atom is -0.368 e. The highest BCUT2D eigenvalue weighted by Gasteiger charge is 2.25. The molecule has 1 atom stereocenters. The number of rotatable bonds is 5. The van der Waals surface area contributed by atoms with E-state index in [4.69, 9.17) is 5.73 Å². The molecule has 1 aliphatic rings. The third-order valence-corrected chi connectivity index (χ3v) is 5.19. The Morgan fingerprint density at radius 1 is 1.04 bits per heavy atom. The fourth-order valence-electron chi connectivity index (χ4n) is 3.30. The quantitative estimate of drug-likeness (QED) is 0.764. The van der Waals surface area contributed by atoms with Gasteiger partial charge < -0.3 is 20.9 Å². The summed E-state index contributed by atoms with van der Waals surface area (Å²) in [6.45, 7) is 2.91. The predicted molar refractivity (Wildman–Crippen MR) is 109 cm³/mol. The van der Waals surface area contributed by atoms with Crippen LogP contribution in [0.3, 0.4) is 0 Å². The molecule has 3 N–H and O–H groups in total.